The largest absolute Gasteiger partial charge is 0.0958 e. The Balaban J connectivity index is 0.00000146. The van der Waals surface area contributed by atoms with Crippen molar-refractivity contribution in [1.82, 2.24) is 0 Å². The van der Waals surface area contributed by atoms with E-state index >= 15 is 0 Å². The lowest BCUT2D eigenvalue weighted by atomic mass is 9.79. The van der Waals surface area contributed by atoms with E-state index in [4.69, 9.17) is 0 Å². The van der Waals surface area contributed by atoms with E-state index in [0.717, 1.165) is 23.7 Å². The summed E-state index contributed by atoms with van der Waals surface area (Å²) in [6.45, 7) is 21.3. The molecule has 0 spiro atoms. The molecule has 0 radical (unpaired) electrons. The predicted octanol–water partition coefficient (Wildman–Crippen LogP) is 9.14. The first-order chi connectivity index (χ1) is 12.5. The molecular weight excluding hydrogens is 312 g/mol. The summed E-state index contributed by atoms with van der Waals surface area (Å²) in [7, 11) is 0. The summed E-state index contributed by atoms with van der Waals surface area (Å²) < 4.78 is 0. The molecule has 26 heavy (non-hydrogen) atoms. The Morgan fingerprint density at radius 3 is 1.69 bits per heavy atom. The topological polar surface area (TPSA) is 0 Å². The van der Waals surface area contributed by atoms with Crippen LogP contribution in [0.5, 0.6) is 0 Å². The molecule has 0 N–H and O–H groups in total. The van der Waals surface area contributed by atoms with Gasteiger partial charge in [-0.3, -0.25) is 0 Å². The first-order valence-electron chi connectivity index (χ1n) is 11.6. The fourth-order valence-electron chi connectivity index (χ4n) is 4.08. The minimum atomic E-state index is 0.722. The minimum Gasteiger partial charge on any atom is -0.0958 e. The summed E-state index contributed by atoms with van der Waals surface area (Å²) in [4.78, 5) is 0. The van der Waals surface area contributed by atoms with Crippen molar-refractivity contribution in [2.24, 2.45) is 23.7 Å². The molecule has 0 unspecified atom stereocenters. The Bertz CT molecular complexity index is 384. The highest BCUT2D eigenvalue weighted by molar-refractivity contribution is 5.26. The number of hydrogen-bond acceptors (Lipinski definition) is 0. The van der Waals surface area contributed by atoms with E-state index in [1.165, 1.54) is 75.4 Å². The van der Waals surface area contributed by atoms with Crippen molar-refractivity contribution in [3.8, 4) is 0 Å². The van der Waals surface area contributed by atoms with Gasteiger partial charge in [0.2, 0.25) is 0 Å². The first-order valence-corrected chi connectivity index (χ1v) is 11.6. The van der Waals surface area contributed by atoms with Crippen molar-refractivity contribution in [3.05, 3.63) is 36.5 Å². The molecule has 0 bridgehead atoms. The van der Waals surface area contributed by atoms with E-state index in [2.05, 4.69) is 39.2 Å². The molecule has 2 fully saturated rings. The van der Waals surface area contributed by atoms with E-state index in [0.29, 0.717) is 0 Å². The SMILES string of the molecule is C=C(/C=C\C(=C)C1CCC(C)CC1)CCC1CCC(C)CC1.CC.CC. The Morgan fingerprint density at radius 2 is 1.19 bits per heavy atom. The standard InChI is InChI=1S/C22H36.2C2H6/c1-17(6-12-21-13-7-18(2)8-14-21)5-11-20(4)22-15-9-19(3)10-16-22;2*1-2/h5,11,18-19,21-22H,1,4,6-10,12-16H2,2-3H3;2*1-2H3/b11-5-;;. The molecule has 0 amide bonds. The fourth-order valence-corrected chi connectivity index (χ4v) is 4.08. The second-order valence-electron chi connectivity index (χ2n) is 8.19. The van der Waals surface area contributed by atoms with Crippen LogP contribution in [-0.4, -0.2) is 0 Å². The van der Waals surface area contributed by atoms with Gasteiger partial charge in [-0.05, 0) is 49.4 Å². The van der Waals surface area contributed by atoms with Gasteiger partial charge in [0.05, 0.1) is 0 Å². The van der Waals surface area contributed by atoms with Gasteiger partial charge < -0.3 is 0 Å². The summed E-state index contributed by atoms with van der Waals surface area (Å²) in [5.74, 6) is 3.55. The highest BCUT2D eigenvalue weighted by Crippen LogP contribution is 2.34. The van der Waals surface area contributed by atoms with Crippen LogP contribution < -0.4 is 0 Å². The molecule has 2 saturated carbocycles. The normalized spacial score (nSPS) is 28.4. The Labute approximate surface area is 166 Å². The average molecular weight is 361 g/mol. The molecule has 0 aromatic rings. The molecule has 0 heteroatoms. The second kappa shape index (κ2) is 15.3. The molecule has 0 aliphatic heterocycles. The van der Waals surface area contributed by atoms with Gasteiger partial charge in [-0.25, -0.2) is 0 Å². The minimum absolute atomic E-state index is 0.722. The van der Waals surface area contributed by atoms with Crippen LogP contribution in [0.2, 0.25) is 0 Å². The molecule has 0 nitrogen and oxygen atoms in total. The van der Waals surface area contributed by atoms with Crippen LogP contribution in [0.3, 0.4) is 0 Å². The molecule has 2 aliphatic carbocycles. The number of allylic oxidation sites excluding steroid dienone is 4. The highest BCUT2D eigenvalue weighted by atomic mass is 14.2. The molecule has 0 aromatic heterocycles. The summed E-state index contributed by atoms with van der Waals surface area (Å²) >= 11 is 0. The van der Waals surface area contributed by atoms with E-state index in [-0.39, 0.29) is 0 Å². The molecule has 152 valence electrons. The van der Waals surface area contributed by atoms with Crippen LogP contribution >= 0.6 is 0 Å². The summed E-state index contributed by atoms with van der Waals surface area (Å²) in [6, 6.07) is 0. The van der Waals surface area contributed by atoms with Gasteiger partial charge in [-0.2, -0.15) is 0 Å². The zero-order chi connectivity index (χ0) is 19.9. The smallest absolute Gasteiger partial charge is 0.0168 e. The zero-order valence-corrected chi connectivity index (χ0v) is 18.9. The van der Waals surface area contributed by atoms with Crippen LogP contribution in [0.15, 0.2) is 36.5 Å². The monoisotopic (exact) mass is 360 g/mol. The third kappa shape index (κ3) is 10.4. The van der Waals surface area contributed by atoms with Crippen molar-refractivity contribution in [1.29, 1.82) is 0 Å². The van der Waals surface area contributed by atoms with Crippen LogP contribution in [0.1, 0.15) is 106 Å². The molecule has 0 aromatic carbocycles. The lowest BCUT2D eigenvalue weighted by Crippen LogP contribution is -2.13. The van der Waals surface area contributed by atoms with Crippen molar-refractivity contribution < 1.29 is 0 Å². The summed E-state index contributed by atoms with van der Waals surface area (Å²) in [5.41, 5.74) is 2.63. The van der Waals surface area contributed by atoms with E-state index in [1.807, 2.05) is 27.7 Å². The summed E-state index contributed by atoms with van der Waals surface area (Å²) in [6.07, 6.45) is 18.2. The number of rotatable bonds is 6. The molecular formula is C26H48. The third-order valence-electron chi connectivity index (χ3n) is 6.08. The van der Waals surface area contributed by atoms with E-state index in [1.54, 1.807) is 0 Å². The predicted molar refractivity (Wildman–Crippen MR) is 122 cm³/mol. The summed E-state index contributed by atoms with van der Waals surface area (Å²) in [5, 5.41) is 0. The number of hydrogen-bond donors (Lipinski definition) is 0. The van der Waals surface area contributed by atoms with Crippen LogP contribution in [0, 0.1) is 23.7 Å². The van der Waals surface area contributed by atoms with Gasteiger partial charge >= 0.3 is 0 Å². The highest BCUT2D eigenvalue weighted by Gasteiger charge is 2.19. The van der Waals surface area contributed by atoms with Gasteiger partial charge in [0, 0.05) is 0 Å². The van der Waals surface area contributed by atoms with Crippen molar-refractivity contribution >= 4 is 0 Å². The maximum atomic E-state index is 4.31. The van der Waals surface area contributed by atoms with Crippen molar-refractivity contribution in [2.75, 3.05) is 0 Å². The van der Waals surface area contributed by atoms with Gasteiger partial charge in [0.25, 0.3) is 0 Å². The Hall–Kier alpha value is -0.780. The maximum absolute atomic E-state index is 4.31. The first kappa shape index (κ1) is 25.2. The molecule has 2 rings (SSSR count). The maximum Gasteiger partial charge on any atom is -0.0168 e. The average Bonchev–Trinajstić information content (AvgIpc) is 2.69. The van der Waals surface area contributed by atoms with Gasteiger partial charge in [0.1, 0.15) is 0 Å². The van der Waals surface area contributed by atoms with Gasteiger partial charge in [0.15, 0.2) is 0 Å². The molecule has 0 heterocycles. The van der Waals surface area contributed by atoms with Crippen molar-refractivity contribution in [3.63, 3.8) is 0 Å². The quantitative estimate of drug-likeness (QED) is 0.414. The van der Waals surface area contributed by atoms with Crippen LogP contribution in [0.25, 0.3) is 0 Å². The van der Waals surface area contributed by atoms with Gasteiger partial charge in [-0.15, -0.1) is 0 Å². The fraction of sp³-hybridized carbons (Fsp3) is 0.769. The molecule has 2 aliphatic rings. The zero-order valence-electron chi connectivity index (χ0n) is 18.9. The Morgan fingerprint density at radius 1 is 0.731 bits per heavy atom. The lowest BCUT2D eigenvalue weighted by molar-refractivity contribution is 0.278. The van der Waals surface area contributed by atoms with Crippen LogP contribution in [-0.2, 0) is 0 Å². The van der Waals surface area contributed by atoms with Crippen molar-refractivity contribution in [2.45, 2.75) is 106 Å². The van der Waals surface area contributed by atoms with E-state index < -0.39 is 0 Å². The molecule has 0 saturated heterocycles. The molecule has 0 atom stereocenters. The van der Waals surface area contributed by atoms with Crippen LogP contribution in [0.4, 0.5) is 0 Å². The van der Waals surface area contributed by atoms with Gasteiger partial charge in [-0.1, -0.05) is 117 Å². The van der Waals surface area contributed by atoms with E-state index in [9.17, 15) is 0 Å². The lowest BCUT2D eigenvalue weighted by Gasteiger charge is -2.27. The Kier molecular flexibility index (Phi) is 14.8. The second-order valence-corrected chi connectivity index (χ2v) is 8.19. The third-order valence-corrected chi connectivity index (χ3v) is 6.08.